The maximum Gasteiger partial charge on any atom is 0.265 e. The quantitative estimate of drug-likeness (QED) is 0.506. The molecule has 0 fully saturated rings. The van der Waals surface area contributed by atoms with Gasteiger partial charge in [0.05, 0.1) is 15.5 Å². The normalized spacial score (nSPS) is 11.3. The summed E-state index contributed by atoms with van der Waals surface area (Å²) in [6.45, 7) is 1.68. The van der Waals surface area contributed by atoms with Crippen LogP contribution >= 0.6 is 11.3 Å². The van der Waals surface area contributed by atoms with Crippen LogP contribution in [0.4, 0.5) is 5.69 Å². The Morgan fingerprint density at radius 1 is 1.28 bits per heavy atom. The van der Waals surface area contributed by atoms with Crippen molar-refractivity contribution in [1.29, 1.82) is 0 Å². The highest BCUT2D eigenvalue weighted by Gasteiger charge is 2.10. The third-order valence-electron chi connectivity index (χ3n) is 2.27. The molecule has 2 heterocycles. The molecule has 2 N–H and O–H groups in total. The molecule has 0 aliphatic carbocycles. The smallest absolute Gasteiger partial charge is 0.265 e. The Morgan fingerprint density at radius 2 is 1.94 bits per heavy atom. The van der Waals surface area contributed by atoms with Crippen molar-refractivity contribution < 1.29 is 10.0 Å². The van der Waals surface area contributed by atoms with Gasteiger partial charge in [-0.2, -0.15) is 0 Å². The Balaban J connectivity index is 2.13. The molecule has 0 saturated heterocycles. The van der Waals surface area contributed by atoms with Crippen molar-refractivity contribution in [2.24, 2.45) is 5.16 Å². The molecule has 0 aromatic carbocycles. The van der Waals surface area contributed by atoms with Crippen molar-refractivity contribution in [3.8, 4) is 0 Å². The molecule has 6 heteroatoms. The second-order valence-corrected chi connectivity index (χ2v) is 4.62. The van der Waals surface area contributed by atoms with Gasteiger partial charge in [-0.3, -0.25) is 9.78 Å². The Morgan fingerprint density at radius 3 is 2.61 bits per heavy atom. The molecule has 0 spiro atoms. The lowest BCUT2D eigenvalue weighted by Gasteiger charge is -2.01. The fourth-order valence-electron chi connectivity index (χ4n) is 1.33. The van der Waals surface area contributed by atoms with Gasteiger partial charge in [-0.15, -0.1) is 11.3 Å². The number of pyridine rings is 1. The van der Waals surface area contributed by atoms with Gasteiger partial charge in [0.2, 0.25) is 0 Å². The molecular weight excluding hydrogens is 250 g/mol. The van der Waals surface area contributed by atoms with Crippen LogP contribution in [0.2, 0.25) is 0 Å². The standard InChI is InChI=1S/C12H11N3O2S/c1-8(15-17)10-2-3-11(18-10)12(16)14-9-4-6-13-7-5-9/h2-7,17H,1H3,(H,13,14,16). The van der Waals surface area contributed by atoms with Gasteiger partial charge in [0.15, 0.2) is 0 Å². The number of oxime groups is 1. The van der Waals surface area contributed by atoms with E-state index >= 15 is 0 Å². The van der Waals surface area contributed by atoms with Crippen LogP contribution in [0.15, 0.2) is 41.8 Å². The largest absolute Gasteiger partial charge is 0.411 e. The maximum atomic E-state index is 11.9. The highest BCUT2D eigenvalue weighted by Crippen LogP contribution is 2.18. The minimum absolute atomic E-state index is 0.191. The van der Waals surface area contributed by atoms with E-state index in [1.165, 1.54) is 11.3 Å². The molecule has 0 atom stereocenters. The zero-order valence-electron chi connectivity index (χ0n) is 9.62. The van der Waals surface area contributed by atoms with E-state index in [1.54, 1.807) is 43.6 Å². The summed E-state index contributed by atoms with van der Waals surface area (Å²) in [7, 11) is 0. The highest BCUT2D eigenvalue weighted by atomic mass is 32.1. The predicted molar refractivity (Wildman–Crippen MR) is 70.5 cm³/mol. The minimum atomic E-state index is -0.191. The van der Waals surface area contributed by atoms with E-state index in [9.17, 15) is 4.79 Å². The lowest BCUT2D eigenvalue weighted by molar-refractivity contribution is 0.103. The summed E-state index contributed by atoms with van der Waals surface area (Å²) in [5.74, 6) is -0.191. The lowest BCUT2D eigenvalue weighted by Crippen LogP contribution is -2.09. The number of carbonyl (C=O) groups is 1. The third-order valence-corrected chi connectivity index (χ3v) is 3.47. The molecule has 2 rings (SSSR count). The first-order chi connectivity index (χ1) is 8.70. The summed E-state index contributed by atoms with van der Waals surface area (Å²) >= 11 is 1.27. The molecule has 0 radical (unpaired) electrons. The molecule has 18 heavy (non-hydrogen) atoms. The van der Waals surface area contributed by atoms with E-state index in [2.05, 4.69) is 15.5 Å². The van der Waals surface area contributed by atoms with Gasteiger partial charge in [-0.1, -0.05) is 5.16 Å². The summed E-state index contributed by atoms with van der Waals surface area (Å²) in [6, 6.07) is 6.88. The number of anilines is 1. The molecule has 0 bridgehead atoms. The van der Waals surface area contributed by atoms with Crippen LogP contribution in [0.25, 0.3) is 0 Å². The fraction of sp³-hybridized carbons (Fsp3) is 0.0833. The van der Waals surface area contributed by atoms with Gasteiger partial charge in [-0.05, 0) is 31.2 Å². The first-order valence-corrected chi connectivity index (χ1v) is 6.02. The Bertz CT molecular complexity index is 578. The van der Waals surface area contributed by atoms with E-state index in [1.807, 2.05) is 0 Å². The van der Waals surface area contributed by atoms with Crippen LogP contribution in [-0.2, 0) is 0 Å². The molecule has 1 amide bonds. The second kappa shape index (κ2) is 5.42. The van der Waals surface area contributed by atoms with Crippen LogP contribution in [0.5, 0.6) is 0 Å². The maximum absolute atomic E-state index is 11.9. The van der Waals surface area contributed by atoms with Crippen molar-refractivity contribution in [1.82, 2.24) is 4.98 Å². The second-order valence-electron chi connectivity index (χ2n) is 3.54. The molecule has 2 aromatic rings. The van der Waals surface area contributed by atoms with E-state index in [4.69, 9.17) is 5.21 Å². The van der Waals surface area contributed by atoms with E-state index < -0.39 is 0 Å². The van der Waals surface area contributed by atoms with Crippen molar-refractivity contribution in [2.45, 2.75) is 6.92 Å². The van der Waals surface area contributed by atoms with Gasteiger partial charge in [0.25, 0.3) is 5.91 Å². The molecular formula is C12H11N3O2S. The van der Waals surface area contributed by atoms with Crippen molar-refractivity contribution in [2.75, 3.05) is 5.32 Å². The van der Waals surface area contributed by atoms with Crippen LogP contribution in [0, 0.1) is 0 Å². The summed E-state index contributed by atoms with van der Waals surface area (Å²) < 4.78 is 0. The topological polar surface area (TPSA) is 74.6 Å². The monoisotopic (exact) mass is 261 g/mol. The van der Waals surface area contributed by atoms with E-state index in [0.717, 1.165) is 4.88 Å². The first-order valence-electron chi connectivity index (χ1n) is 5.21. The number of nitrogens with one attached hydrogen (secondary N) is 1. The van der Waals surface area contributed by atoms with Gasteiger partial charge in [-0.25, -0.2) is 0 Å². The molecule has 0 unspecified atom stereocenters. The van der Waals surface area contributed by atoms with Crippen molar-refractivity contribution in [3.05, 3.63) is 46.4 Å². The fourth-order valence-corrected chi connectivity index (χ4v) is 2.17. The predicted octanol–water partition coefficient (Wildman–Crippen LogP) is 2.59. The van der Waals surface area contributed by atoms with Crippen LogP contribution in [0.1, 0.15) is 21.5 Å². The number of nitrogens with zero attached hydrogens (tertiary/aromatic N) is 2. The van der Waals surface area contributed by atoms with Crippen molar-refractivity contribution in [3.63, 3.8) is 0 Å². The summed E-state index contributed by atoms with van der Waals surface area (Å²) in [5.41, 5.74) is 1.18. The van der Waals surface area contributed by atoms with Crippen LogP contribution < -0.4 is 5.32 Å². The number of carbonyl (C=O) groups excluding carboxylic acids is 1. The Kier molecular flexibility index (Phi) is 3.69. The lowest BCUT2D eigenvalue weighted by atomic mass is 10.3. The number of hydrogen-bond donors (Lipinski definition) is 2. The Hall–Kier alpha value is -2.21. The van der Waals surface area contributed by atoms with Gasteiger partial charge in [0.1, 0.15) is 0 Å². The highest BCUT2D eigenvalue weighted by molar-refractivity contribution is 7.16. The average Bonchev–Trinajstić information content (AvgIpc) is 2.88. The van der Waals surface area contributed by atoms with Crippen LogP contribution in [0.3, 0.4) is 0 Å². The van der Waals surface area contributed by atoms with Gasteiger partial charge >= 0.3 is 0 Å². The number of thiophene rings is 1. The number of rotatable bonds is 3. The number of hydrogen-bond acceptors (Lipinski definition) is 5. The minimum Gasteiger partial charge on any atom is -0.411 e. The molecule has 0 saturated carbocycles. The first kappa shape index (κ1) is 12.3. The molecule has 0 aliphatic rings. The van der Waals surface area contributed by atoms with Gasteiger partial charge < -0.3 is 10.5 Å². The summed E-state index contributed by atoms with van der Waals surface area (Å²) in [5, 5.41) is 14.5. The van der Waals surface area contributed by atoms with Crippen molar-refractivity contribution >= 4 is 28.6 Å². The summed E-state index contributed by atoms with van der Waals surface area (Å²) in [6.07, 6.45) is 3.22. The molecule has 92 valence electrons. The third kappa shape index (κ3) is 2.72. The number of amides is 1. The summed E-state index contributed by atoms with van der Waals surface area (Å²) in [4.78, 5) is 17.1. The average molecular weight is 261 g/mol. The Labute approximate surface area is 108 Å². The molecule has 0 aliphatic heterocycles. The molecule has 2 aromatic heterocycles. The van der Waals surface area contributed by atoms with E-state index in [-0.39, 0.29) is 5.91 Å². The van der Waals surface area contributed by atoms with E-state index in [0.29, 0.717) is 16.3 Å². The number of aromatic nitrogens is 1. The van der Waals surface area contributed by atoms with Gasteiger partial charge in [0, 0.05) is 18.1 Å². The zero-order chi connectivity index (χ0) is 13.0. The van der Waals surface area contributed by atoms with Crippen LogP contribution in [-0.4, -0.2) is 21.8 Å². The zero-order valence-corrected chi connectivity index (χ0v) is 10.4. The molecule has 5 nitrogen and oxygen atoms in total. The SMILES string of the molecule is CC(=NO)c1ccc(C(=O)Nc2ccncc2)s1.